The van der Waals surface area contributed by atoms with Gasteiger partial charge in [-0.25, -0.2) is 4.79 Å². The molecule has 2 aliphatic heterocycles. The Hall–Kier alpha value is -2.18. The van der Waals surface area contributed by atoms with E-state index in [4.69, 9.17) is 4.74 Å². The highest BCUT2D eigenvalue weighted by molar-refractivity contribution is 9.10. The van der Waals surface area contributed by atoms with E-state index in [0.717, 1.165) is 10.9 Å². The van der Waals surface area contributed by atoms with Gasteiger partial charge >= 0.3 is 5.97 Å². The molecule has 0 unspecified atom stereocenters. The average Bonchev–Trinajstić information content (AvgIpc) is 2.78. The molecule has 0 saturated carbocycles. The lowest BCUT2D eigenvalue weighted by Crippen LogP contribution is -2.49. The molecule has 2 atom stereocenters. The normalized spacial score (nSPS) is 21.5. The fourth-order valence-corrected chi connectivity index (χ4v) is 4.96. The molecule has 0 aliphatic carbocycles. The molecular formula is C24H27BrN2O3. The number of ether oxygens (including phenoxy) is 1. The molecule has 5 nitrogen and oxygen atoms in total. The smallest absolute Gasteiger partial charge is 0.338 e. The van der Waals surface area contributed by atoms with Crippen LogP contribution >= 0.6 is 15.9 Å². The second-order valence-corrected chi connectivity index (χ2v) is 9.06. The molecule has 2 aliphatic rings. The molecule has 2 aromatic carbocycles. The van der Waals surface area contributed by atoms with Crippen LogP contribution in [0.2, 0.25) is 0 Å². The van der Waals surface area contributed by atoms with Crippen LogP contribution in [0.1, 0.15) is 52.8 Å². The van der Waals surface area contributed by atoms with E-state index in [-0.39, 0.29) is 11.9 Å². The Labute approximate surface area is 185 Å². The molecular weight excluding hydrogens is 444 g/mol. The van der Waals surface area contributed by atoms with Crippen molar-refractivity contribution in [2.24, 2.45) is 5.92 Å². The third-order valence-electron chi connectivity index (χ3n) is 6.12. The summed E-state index contributed by atoms with van der Waals surface area (Å²) >= 11 is 3.37. The number of amides is 1. The SMILES string of the molecule is O=C(Nc1ccc(C(=O)OC[C@@H]2CCCN3CCCC[C@@H]23)cc1)c1cccc(Br)c1. The number of piperidine rings is 2. The lowest BCUT2D eigenvalue weighted by atomic mass is 9.84. The molecule has 4 rings (SSSR count). The van der Waals surface area contributed by atoms with Crippen molar-refractivity contribution in [3.05, 3.63) is 64.1 Å². The summed E-state index contributed by atoms with van der Waals surface area (Å²) in [4.78, 5) is 27.4. The number of fused-ring (bicyclic) bond motifs is 1. The van der Waals surface area contributed by atoms with Crippen LogP contribution in [0.4, 0.5) is 5.69 Å². The molecule has 1 amide bonds. The Morgan fingerprint density at radius 2 is 1.80 bits per heavy atom. The first-order valence-corrected chi connectivity index (χ1v) is 11.5. The molecule has 2 fully saturated rings. The van der Waals surface area contributed by atoms with Crippen molar-refractivity contribution in [2.45, 2.75) is 38.1 Å². The van der Waals surface area contributed by atoms with Crippen LogP contribution in [-0.2, 0) is 4.74 Å². The van der Waals surface area contributed by atoms with E-state index in [1.54, 1.807) is 36.4 Å². The molecule has 1 N–H and O–H groups in total. The van der Waals surface area contributed by atoms with Crippen molar-refractivity contribution in [1.29, 1.82) is 0 Å². The first-order chi connectivity index (χ1) is 14.6. The third kappa shape index (κ3) is 5.10. The van der Waals surface area contributed by atoms with Gasteiger partial charge in [-0.1, -0.05) is 28.4 Å². The zero-order valence-electron chi connectivity index (χ0n) is 17.0. The summed E-state index contributed by atoms with van der Waals surface area (Å²) < 4.78 is 6.51. The van der Waals surface area contributed by atoms with Gasteiger partial charge in [0.1, 0.15) is 0 Å². The highest BCUT2D eigenvalue weighted by Crippen LogP contribution is 2.31. The minimum Gasteiger partial charge on any atom is -0.462 e. The van der Waals surface area contributed by atoms with E-state index in [0.29, 0.717) is 35.4 Å². The molecule has 0 bridgehead atoms. The van der Waals surface area contributed by atoms with Crippen molar-refractivity contribution in [3.63, 3.8) is 0 Å². The third-order valence-corrected chi connectivity index (χ3v) is 6.62. The lowest BCUT2D eigenvalue weighted by Gasteiger charge is -2.44. The van der Waals surface area contributed by atoms with Crippen molar-refractivity contribution < 1.29 is 14.3 Å². The maximum atomic E-state index is 12.5. The maximum Gasteiger partial charge on any atom is 0.338 e. The molecule has 6 heteroatoms. The molecule has 2 aromatic rings. The summed E-state index contributed by atoms with van der Waals surface area (Å²) in [6, 6.07) is 14.6. The number of hydrogen-bond acceptors (Lipinski definition) is 4. The predicted octanol–water partition coefficient (Wildman–Crippen LogP) is 5.12. The van der Waals surface area contributed by atoms with Crippen molar-refractivity contribution in [1.82, 2.24) is 4.90 Å². The maximum absolute atomic E-state index is 12.5. The topological polar surface area (TPSA) is 58.6 Å². The Kier molecular flexibility index (Phi) is 6.85. The number of rotatable bonds is 5. The zero-order chi connectivity index (χ0) is 20.9. The number of hydrogen-bond donors (Lipinski definition) is 1. The predicted molar refractivity (Wildman–Crippen MR) is 121 cm³/mol. The van der Waals surface area contributed by atoms with Gasteiger partial charge in [0, 0.05) is 27.7 Å². The largest absolute Gasteiger partial charge is 0.462 e. The number of nitrogens with zero attached hydrogens (tertiary/aromatic N) is 1. The minimum atomic E-state index is -0.298. The number of benzene rings is 2. The molecule has 0 spiro atoms. The van der Waals surface area contributed by atoms with Gasteiger partial charge in [0.05, 0.1) is 12.2 Å². The van der Waals surface area contributed by atoms with Crippen molar-refractivity contribution >= 4 is 33.5 Å². The van der Waals surface area contributed by atoms with Crippen LogP contribution in [0.3, 0.4) is 0 Å². The van der Waals surface area contributed by atoms with Gasteiger partial charge in [-0.2, -0.15) is 0 Å². The van der Waals surface area contributed by atoms with Gasteiger partial charge in [-0.05, 0) is 81.2 Å². The molecule has 158 valence electrons. The van der Waals surface area contributed by atoms with Crippen LogP contribution in [0.15, 0.2) is 53.0 Å². The number of halogens is 1. The van der Waals surface area contributed by atoms with E-state index >= 15 is 0 Å². The quantitative estimate of drug-likeness (QED) is 0.615. The Balaban J connectivity index is 1.31. The summed E-state index contributed by atoms with van der Waals surface area (Å²) in [6.07, 6.45) is 6.10. The van der Waals surface area contributed by atoms with Crippen LogP contribution in [-0.4, -0.2) is 42.5 Å². The minimum absolute atomic E-state index is 0.194. The number of carbonyl (C=O) groups excluding carboxylic acids is 2. The number of nitrogens with one attached hydrogen (secondary N) is 1. The van der Waals surface area contributed by atoms with Gasteiger partial charge in [-0.15, -0.1) is 0 Å². The fraction of sp³-hybridized carbons (Fsp3) is 0.417. The van der Waals surface area contributed by atoms with E-state index in [2.05, 4.69) is 26.1 Å². The number of esters is 1. The van der Waals surface area contributed by atoms with Gasteiger partial charge in [0.15, 0.2) is 0 Å². The highest BCUT2D eigenvalue weighted by Gasteiger charge is 2.33. The van der Waals surface area contributed by atoms with Crippen LogP contribution < -0.4 is 5.32 Å². The lowest BCUT2D eigenvalue weighted by molar-refractivity contribution is 0.00739. The summed E-state index contributed by atoms with van der Waals surface area (Å²) in [7, 11) is 0. The van der Waals surface area contributed by atoms with Gasteiger partial charge in [-0.3, -0.25) is 9.69 Å². The highest BCUT2D eigenvalue weighted by atomic mass is 79.9. The second-order valence-electron chi connectivity index (χ2n) is 8.14. The first kappa shape index (κ1) is 21.1. The Bertz CT molecular complexity index is 898. The number of anilines is 1. The van der Waals surface area contributed by atoms with Gasteiger partial charge in [0.25, 0.3) is 5.91 Å². The van der Waals surface area contributed by atoms with E-state index in [1.807, 2.05) is 12.1 Å². The summed E-state index contributed by atoms with van der Waals surface area (Å²) in [5.41, 5.74) is 1.71. The molecule has 2 saturated heterocycles. The number of carbonyl (C=O) groups is 2. The zero-order valence-corrected chi connectivity index (χ0v) is 18.6. The molecule has 0 aromatic heterocycles. The van der Waals surface area contributed by atoms with E-state index in [9.17, 15) is 9.59 Å². The molecule has 2 heterocycles. The average molecular weight is 471 g/mol. The molecule has 0 radical (unpaired) electrons. The monoisotopic (exact) mass is 470 g/mol. The van der Waals surface area contributed by atoms with Gasteiger partial charge < -0.3 is 10.1 Å². The fourth-order valence-electron chi connectivity index (χ4n) is 4.56. The van der Waals surface area contributed by atoms with Crippen molar-refractivity contribution in [3.8, 4) is 0 Å². The first-order valence-electron chi connectivity index (χ1n) is 10.7. The Morgan fingerprint density at radius 1 is 1.00 bits per heavy atom. The van der Waals surface area contributed by atoms with Gasteiger partial charge in [0.2, 0.25) is 0 Å². The molecule has 30 heavy (non-hydrogen) atoms. The summed E-state index contributed by atoms with van der Waals surface area (Å²) in [5.74, 6) is -0.0551. The van der Waals surface area contributed by atoms with E-state index in [1.165, 1.54) is 38.8 Å². The van der Waals surface area contributed by atoms with E-state index < -0.39 is 0 Å². The summed E-state index contributed by atoms with van der Waals surface area (Å²) in [5, 5.41) is 2.85. The second kappa shape index (κ2) is 9.75. The Morgan fingerprint density at radius 3 is 2.60 bits per heavy atom. The standard InChI is InChI=1S/C24H27BrN2O3/c25-20-7-3-5-18(15-20)23(28)26-21-11-9-17(10-12-21)24(29)30-16-19-6-4-14-27-13-2-1-8-22(19)27/h3,5,7,9-12,15,19,22H,1-2,4,6,8,13-14,16H2,(H,26,28)/t19-,22-/m0/s1. The van der Waals surface area contributed by atoms with Crippen LogP contribution in [0.25, 0.3) is 0 Å². The summed E-state index contributed by atoms with van der Waals surface area (Å²) in [6.45, 7) is 2.85. The van der Waals surface area contributed by atoms with Crippen LogP contribution in [0.5, 0.6) is 0 Å². The van der Waals surface area contributed by atoms with Crippen molar-refractivity contribution in [2.75, 3.05) is 25.0 Å². The van der Waals surface area contributed by atoms with Crippen LogP contribution in [0, 0.1) is 5.92 Å².